The lowest BCUT2D eigenvalue weighted by molar-refractivity contribution is -0.132. The van der Waals surface area contributed by atoms with Crippen LogP contribution < -0.4 is 19.8 Å². The van der Waals surface area contributed by atoms with Crippen molar-refractivity contribution in [2.45, 2.75) is 12.6 Å². The minimum absolute atomic E-state index is 0.0588. The number of ether oxygens (including phenoxy) is 3. The van der Waals surface area contributed by atoms with Gasteiger partial charge in [-0.05, 0) is 24.3 Å². The van der Waals surface area contributed by atoms with E-state index in [4.69, 9.17) is 14.2 Å². The number of amides is 1. The van der Waals surface area contributed by atoms with Crippen LogP contribution in [0.15, 0.2) is 47.4 Å². The van der Waals surface area contributed by atoms with Crippen LogP contribution in [0.4, 0.5) is 0 Å². The SMILES string of the molecule is COc1cccn(CC(=O)N(C)C[C@@H]2COc3ccccc3O2)c1=O. The molecule has 2 heterocycles. The molecule has 0 N–H and O–H groups in total. The molecule has 25 heavy (non-hydrogen) atoms. The Morgan fingerprint density at radius 1 is 1.28 bits per heavy atom. The zero-order valence-corrected chi connectivity index (χ0v) is 14.2. The number of fused-ring (bicyclic) bond motifs is 1. The molecule has 0 bridgehead atoms. The summed E-state index contributed by atoms with van der Waals surface area (Å²) in [6, 6.07) is 10.7. The van der Waals surface area contributed by atoms with E-state index < -0.39 is 0 Å². The highest BCUT2D eigenvalue weighted by Gasteiger charge is 2.24. The van der Waals surface area contributed by atoms with Crippen LogP contribution in [-0.2, 0) is 11.3 Å². The molecular weight excluding hydrogens is 324 g/mol. The zero-order chi connectivity index (χ0) is 17.8. The molecule has 0 saturated heterocycles. The first-order chi connectivity index (χ1) is 12.1. The second-order valence-corrected chi connectivity index (χ2v) is 5.78. The maximum atomic E-state index is 12.4. The summed E-state index contributed by atoms with van der Waals surface area (Å²) in [5.74, 6) is 1.38. The first kappa shape index (κ1) is 16.9. The molecule has 132 valence electrons. The molecule has 3 rings (SSSR count). The third-order valence-corrected chi connectivity index (χ3v) is 3.98. The quantitative estimate of drug-likeness (QED) is 0.814. The number of likely N-dealkylation sites (N-methyl/N-ethyl adjacent to an activating group) is 1. The molecular formula is C18H20N2O5. The highest BCUT2D eigenvalue weighted by atomic mass is 16.6. The van der Waals surface area contributed by atoms with E-state index in [-0.39, 0.29) is 29.9 Å². The second kappa shape index (κ2) is 7.29. The molecule has 1 atom stereocenters. The molecule has 0 spiro atoms. The fourth-order valence-electron chi connectivity index (χ4n) is 2.62. The molecule has 0 unspecified atom stereocenters. The molecule has 0 radical (unpaired) electrons. The lowest BCUT2D eigenvalue weighted by Gasteiger charge is -2.29. The molecule has 1 amide bonds. The van der Waals surface area contributed by atoms with Gasteiger partial charge in [-0.3, -0.25) is 9.59 Å². The third-order valence-electron chi connectivity index (χ3n) is 3.98. The fraction of sp³-hybridized carbons (Fsp3) is 0.333. The molecule has 2 aromatic rings. The molecule has 7 heteroatoms. The van der Waals surface area contributed by atoms with E-state index in [1.165, 1.54) is 16.6 Å². The van der Waals surface area contributed by atoms with E-state index >= 15 is 0 Å². The van der Waals surface area contributed by atoms with Gasteiger partial charge in [0.2, 0.25) is 5.91 Å². The highest BCUT2D eigenvalue weighted by molar-refractivity contribution is 5.75. The van der Waals surface area contributed by atoms with Crippen molar-refractivity contribution < 1.29 is 19.0 Å². The van der Waals surface area contributed by atoms with E-state index in [0.29, 0.717) is 24.7 Å². The Balaban J connectivity index is 1.61. The molecule has 1 aliphatic heterocycles. The average Bonchev–Trinajstić information content (AvgIpc) is 2.63. The minimum Gasteiger partial charge on any atom is -0.491 e. The largest absolute Gasteiger partial charge is 0.491 e. The van der Waals surface area contributed by atoms with Gasteiger partial charge in [-0.25, -0.2) is 0 Å². The number of methoxy groups -OCH3 is 1. The van der Waals surface area contributed by atoms with Crippen molar-refractivity contribution >= 4 is 5.91 Å². The number of carbonyl (C=O) groups is 1. The first-order valence-electron chi connectivity index (χ1n) is 7.94. The molecule has 0 saturated carbocycles. The standard InChI is InChI=1S/C18H20N2O5/c1-19(10-13-12-24-14-6-3-4-7-15(14)25-13)17(21)11-20-9-5-8-16(23-2)18(20)22/h3-9,13H,10-12H2,1-2H3/t13-/m1/s1. The van der Waals surface area contributed by atoms with Gasteiger partial charge in [0.25, 0.3) is 5.56 Å². The zero-order valence-electron chi connectivity index (χ0n) is 14.2. The first-order valence-corrected chi connectivity index (χ1v) is 7.94. The van der Waals surface area contributed by atoms with Gasteiger partial charge in [0.15, 0.2) is 23.4 Å². The van der Waals surface area contributed by atoms with Crippen LogP contribution in [0.1, 0.15) is 0 Å². The molecule has 0 aliphatic carbocycles. The van der Waals surface area contributed by atoms with Crippen molar-refractivity contribution in [1.82, 2.24) is 9.47 Å². The maximum absolute atomic E-state index is 12.4. The number of carbonyl (C=O) groups excluding carboxylic acids is 1. The number of hydrogen-bond acceptors (Lipinski definition) is 5. The van der Waals surface area contributed by atoms with Crippen molar-refractivity contribution in [2.24, 2.45) is 0 Å². The monoisotopic (exact) mass is 344 g/mol. The van der Waals surface area contributed by atoms with Crippen LogP contribution >= 0.6 is 0 Å². The van der Waals surface area contributed by atoms with Gasteiger partial charge in [0.05, 0.1) is 13.7 Å². The van der Waals surface area contributed by atoms with Gasteiger partial charge in [0.1, 0.15) is 13.2 Å². The average molecular weight is 344 g/mol. The lowest BCUT2D eigenvalue weighted by Crippen LogP contribution is -2.43. The smallest absolute Gasteiger partial charge is 0.293 e. The number of pyridine rings is 1. The van der Waals surface area contributed by atoms with Crippen molar-refractivity contribution in [2.75, 3.05) is 27.3 Å². The van der Waals surface area contributed by atoms with Gasteiger partial charge in [0, 0.05) is 13.2 Å². The Kier molecular flexibility index (Phi) is 4.92. The molecule has 1 aromatic heterocycles. The summed E-state index contributed by atoms with van der Waals surface area (Å²) in [4.78, 5) is 26.1. The van der Waals surface area contributed by atoms with Crippen LogP contribution in [0.25, 0.3) is 0 Å². The van der Waals surface area contributed by atoms with Crippen molar-refractivity contribution in [3.63, 3.8) is 0 Å². The number of nitrogens with zero attached hydrogens (tertiary/aromatic N) is 2. The van der Waals surface area contributed by atoms with E-state index in [9.17, 15) is 9.59 Å². The summed E-state index contributed by atoms with van der Waals surface area (Å²) in [5.41, 5.74) is -0.335. The summed E-state index contributed by atoms with van der Waals surface area (Å²) in [5, 5.41) is 0. The van der Waals surface area contributed by atoms with Crippen molar-refractivity contribution in [1.29, 1.82) is 0 Å². The highest BCUT2D eigenvalue weighted by Crippen LogP contribution is 2.30. The lowest BCUT2D eigenvalue weighted by atomic mass is 10.2. The minimum atomic E-state index is -0.335. The van der Waals surface area contributed by atoms with Gasteiger partial charge in [-0.2, -0.15) is 0 Å². The summed E-state index contributed by atoms with van der Waals surface area (Å²) in [6.07, 6.45) is 1.30. The Hall–Kier alpha value is -2.96. The summed E-state index contributed by atoms with van der Waals surface area (Å²) < 4.78 is 17.8. The van der Waals surface area contributed by atoms with E-state index in [2.05, 4.69) is 0 Å². The second-order valence-electron chi connectivity index (χ2n) is 5.78. The number of benzene rings is 1. The van der Waals surface area contributed by atoms with Crippen LogP contribution in [0.5, 0.6) is 17.2 Å². The summed E-state index contributed by atoms with van der Waals surface area (Å²) in [6.45, 7) is 0.677. The van der Waals surface area contributed by atoms with Crippen LogP contribution in [0.3, 0.4) is 0 Å². The Labute approximate surface area is 145 Å². The fourth-order valence-corrected chi connectivity index (χ4v) is 2.62. The topological polar surface area (TPSA) is 70.0 Å². The van der Waals surface area contributed by atoms with Gasteiger partial charge in [-0.1, -0.05) is 12.1 Å². The molecule has 7 nitrogen and oxygen atoms in total. The predicted molar refractivity (Wildman–Crippen MR) is 91.2 cm³/mol. The number of para-hydroxylation sites is 2. The molecule has 1 aromatic carbocycles. The number of hydrogen-bond donors (Lipinski definition) is 0. The summed E-state index contributed by atoms with van der Waals surface area (Å²) in [7, 11) is 3.10. The predicted octanol–water partition coefficient (Wildman–Crippen LogP) is 1.16. The van der Waals surface area contributed by atoms with E-state index in [1.807, 2.05) is 24.3 Å². The Bertz CT molecular complexity index is 817. The maximum Gasteiger partial charge on any atom is 0.293 e. The molecule has 1 aliphatic rings. The van der Waals surface area contributed by atoms with Crippen molar-refractivity contribution in [3.05, 3.63) is 52.9 Å². The Morgan fingerprint density at radius 2 is 2.04 bits per heavy atom. The number of rotatable bonds is 5. The number of aromatic nitrogens is 1. The van der Waals surface area contributed by atoms with E-state index in [1.54, 1.807) is 25.4 Å². The molecule has 0 fully saturated rings. The summed E-state index contributed by atoms with van der Waals surface area (Å²) >= 11 is 0. The van der Waals surface area contributed by atoms with E-state index in [0.717, 1.165) is 0 Å². The van der Waals surface area contributed by atoms with Gasteiger partial charge >= 0.3 is 0 Å². The van der Waals surface area contributed by atoms with Crippen LogP contribution in [0.2, 0.25) is 0 Å². The normalized spacial score (nSPS) is 15.5. The van der Waals surface area contributed by atoms with Gasteiger partial charge < -0.3 is 23.7 Å². The van der Waals surface area contributed by atoms with Crippen LogP contribution in [0, 0.1) is 0 Å². The third kappa shape index (κ3) is 3.76. The van der Waals surface area contributed by atoms with Gasteiger partial charge in [-0.15, -0.1) is 0 Å². The van der Waals surface area contributed by atoms with Crippen LogP contribution in [-0.4, -0.2) is 48.8 Å². The Morgan fingerprint density at radius 3 is 2.80 bits per heavy atom. The van der Waals surface area contributed by atoms with Crippen molar-refractivity contribution in [3.8, 4) is 17.2 Å².